The Balaban J connectivity index is 1.67. The average Bonchev–Trinajstić information content (AvgIpc) is 3.04. The lowest BCUT2D eigenvalue weighted by Crippen LogP contribution is -2.35. The molecule has 1 saturated heterocycles. The van der Waals surface area contributed by atoms with Crippen molar-refractivity contribution in [3.8, 4) is 11.3 Å². The van der Waals surface area contributed by atoms with Gasteiger partial charge in [0.1, 0.15) is 5.82 Å². The highest BCUT2D eigenvalue weighted by Gasteiger charge is 2.22. The Labute approximate surface area is 139 Å². The summed E-state index contributed by atoms with van der Waals surface area (Å²) in [4.78, 5) is 17.9. The van der Waals surface area contributed by atoms with Gasteiger partial charge in [0.05, 0.1) is 5.69 Å². The lowest BCUT2D eigenvalue weighted by molar-refractivity contribution is -0.118. The molecule has 1 unspecified atom stereocenters. The zero-order valence-corrected chi connectivity index (χ0v) is 13.7. The number of thiazole rings is 1. The van der Waals surface area contributed by atoms with Gasteiger partial charge in [-0.05, 0) is 49.4 Å². The monoisotopic (exact) mass is 333 g/mol. The average molecular weight is 333 g/mol. The van der Waals surface area contributed by atoms with Crippen LogP contribution < -0.4 is 10.6 Å². The maximum absolute atomic E-state index is 13.0. The van der Waals surface area contributed by atoms with E-state index in [1.807, 2.05) is 5.38 Å². The maximum atomic E-state index is 13.0. The number of benzene rings is 1. The minimum Gasteiger partial charge on any atom is -0.370 e. The third kappa shape index (κ3) is 4.07. The van der Waals surface area contributed by atoms with Crippen molar-refractivity contribution in [2.75, 3.05) is 18.0 Å². The summed E-state index contributed by atoms with van der Waals surface area (Å²) in [6, 6.07) is 6.41. The molecule has 2 heterocycles. The summed E-state index contributed by atoms with van der Waals surface area (Å²) < 4.78 is 13.0. The van der Waals surface area contributed by atoms with Crippen LogP contribution in [0.1, 0.15) is 25.7 Å². The fraction of sp³-hybridized carbons (Fsp3) is 0.412. The van der Waals surface area contributed by atoms with Crippen molar-refractivity contribution in [1.82, 2.24) is 4.98 Å². The van der Waals surface area contributed by atoms with Gasteiger partial charge in [-0.1, -0.05) is 0 Å². The molecule has 1 aromatic heterocycles. The number of rotatable bonds is 5. The minimum atomic E-state index is -0.238. The molecule has 0 saturated carbocycles. The smallest absolute Gasteiger partial charge is 0.217 e. The van der Waals surface area contributed by atoms with Gasteiger partial charge in [-0.15, -0.1) is 11.3 Å². The molecule has 1 aromatic carbocycles. The van der Waals surface area contributed by atoms with E-state index in [4.69, 9.17) is 10.7 Å². The predicted octanol–water partition coefficient (Wildman–Crippen LogP) is 3.43. The van der Waals surface area contributed by atoms with Crippen molar-refractivity contribution in [2.45, 2.75) is 25.7 Å². The standard InChI is InChI=1S/C17H20FN3OS/c18-14-6-4-13(5-7-14)15-11-23-17(20-15)21-9-1-2-12(10-21)3-8-16(19)22/h4-7,11-12H,1-3,8-10H2,(H2,19,22). The van der Waals surface area contributed by atoms with E-state index in [1.165, 1.54) is 12.1 Å². The summed E-state index contributed by atoms with van der Waals surface area (Å²) >= 11 is 1.61. The van der Waals surface area contributed by atoms with E-state index in [0.29, 0.717) is 12.3 Å². The van der Waals surface area contributed by atoms with Gasteiger partial charge in [-0.3, -0.25) is 4.79 Å². The number of carbonyl (C=O) groups is 1. The Morgan fingerprint density at radius 1 is 1.39 bits per heavy atom. The van der Waals surface area contributed by atoms with Crippen LogP contribution >= 0.6 is 11.3 Å². The summed E-state index contributed by atoms with van der Waals surface area (Å²) in [6.07, 6.45) is 3.55. The number of nitrogens with two attached hydrogens (primary N) is 1. The normalized spacial score (nSPS) is 18.1. The van der Waals surface area contributed by atoms with E-state index in [0.717, 1.165) is 48.7 Å². The molecule has 3 rings (SSSR count). The first-order valence-corrected chi connectivity index (χ1v) is 8.74. The maximum Gasteiger partial charge on any atom is 0.217 e. The van der Waals surface area contributed by atoms with E-state index in [2.05, 4.69) is 4.90 Å². The zero-order valence-electron chi connectivity index (χ0n) is 12.9. The van der Waals surface area contributed by atoms with Crippen LogP contribution in [0.15, 0.2) is 29.6 Å². The summed E-state index contributed by atoms with van der Waals surface area (Å²) in [5.41, 5.74) is 7.05. The third-order valence-corrected chi connectivity index (χ3v) is 5.12. The number of halogens is 1. The van der Waals surface area contributed by atoms with Gasteiger partial charge >= 0.3 is 0 Å². The van der Waals surface area contributed by atoms with Crippen LogP contribution in [0.4, 0.5) is 9.52 Å². The molecule has 1 atom stereocenters. The fourth-order valence-corrected chi connectivity index (χ4v) is 3.86. The first kappa shape index (κ1) is 15.9. The van der Waals surface area contributed by atoms with Crippen LogP contribution in [-0.2, 0) is 4.79 Å². The van der Waals surface area contributed by atoms with Crippen molar-refractivity contribution >= 4 is 22.4 Å². The number of hydrogen-bond acceptors (Lipinski definition) is 4. The first-order valence-electron chi connectivity index (χ1n) is 7.86. The van der Waals surface area contributed by atoms with Crippen LogP contribution in [0.5, 0.6) is 0 Å². The molecule has 122 valence electrons. The van der Waals surface area contributed by atoms with Gasteiger partial charge in [0.2, 0.25) is 5.91 Å². The molecule has 2 aromatic rings. The Morgan fingerprint density at radius 3 is 2.91 bits per heavy atom. The number of amides is 1. The zero-order chi connectivity index (χ0) is 16.2. The largest absolute Gasteiger partial charge is 0.370 e. The van der Waals surface area contributed by atoms with Crippen LogP contribution in [-0.4, -0.2) is 24.0 Å². The van der Waals surface area contributed by atoms with Crippen LogP contribution in [0, 0.1) is 11.7 Å². The summed E-state index contributed by atoms with van der Waals surface area (Å²) in [5.74, 6) is 0.0296. The highest BCUT2D eigenvalue weighted by molar-refractivity contribution is 7.14. The van der Waals surface area contributed by atoms with E-state index >= 15 is 0 Å². The number of hydrogen-bond donors (Lipinski definition) is 1. The Morgan fingerprint density at radius 2 is 2.17 bits per heavy atom. The van der Waals surface area contributed by atoms with E-state index in [9.17, 15) is 9.18 Å². The number of piperidine rings is 1. The number of aromatic nitrogens is 1. The molecular weight excluding hydrogens is 313 g/mol. The first-order chi connectivity index (χ1) is 11.1. The Kier molecular flexibility index (Phi) is 4.91. The van der Waals surface area contributed by atoms with E-state index < -0.39 is 0 Å². The van der Waals surface area contributed by atoms with E-state index in [-0.39, 0.29) is 11.7 Å². The van der Waals surface area contributed by atoms with Gasteiger partial charge in [0.15, 0.2) is 5.13 Å². The second-order valence-electron chi connectivity index (χ2n) is 5.98. The Hall–Kier alpha value is -1.95. The topological polar surface area (TPSA) is 59.2 Å². The molecule has 4 nitrogen and oxygen atoms in total. The van der Waals surface area contributed by atoms with Crippen molar-refractivity contribution in [1.29, 1.82) is 0 Å². The van der Waals surface area contributed by atoms with Crippen LogP contribution in [0.2, 0.25) is 0 Å². The molecule has 23 heavy (non-hydrogen) atoms. The number of nitrogens with zero attached hydrogens (tertiary/aromatic N) is 2. The SMILES string of the molecule is NC(=O)CCC1CCCN(c2nc(-c3ccc(F)cc3)cs2)C1. The molecule has 1 aliphatic heterocycles. The third-order valence-electron chi connectivity index (χ3n) is 4.22. The highest BCUT2D eigenvalue weighted by atomic mass is 32.1. The van der Waals surface area contributed by atoms with Gasteiger partial charge in [0, 0.05) is 30.5 Å². The highest BCUT2D eigenvalue weighted by Crippen LogP contribution is 2.31. The van der Waals surface area contributed by atoms with Crippen LogP contribution in [0.25, 0.3) is 11.3 Å². The van der Waals surface area contributed by atoms with Crippen molar-refractivity contribution in [2.24, 2.45) is 11.7 Å². The second kappa shape index (κ2) is 7.08. The van der Waals surface area contributed by atoms with Gasteiger partial charge < -0.3 is 10.6 Å². The van der Waals surface area contributed by atoms with Crippen molar-refractivity contribution < 1.29 is 9.18 Å². The van der Waals surface area contributed by atoms with Gasteiger partial charge in [0.25, 0.3) is 0 Å². The molecule has 0 aliphatic carbocycles. The number of carbonyl (C=O) groups excluding carboxylic acids is 1. The summed E-state index contributed by atoms with van der Waals surface area (Å²) in [7, 11) is 0. The minimum absolute atomic E-state index is 0.227. The lowest BCUT2D eigenvalue weighted by atomic mass is 9.93. The number of primary amides is 1. The van der Waals surface area contributed by atoms with Gasteiger partial charge in [-0.25, -0.2) is 9.37 Å². The molecule has 0 radical (unpaired) electrons. The van der Waals surface area contributed by atoms with Crippen molar-refractivity contribution in [3.05, 3.63) is 35.5 Å². The molecule has 0 bridgehead atoms. The quantitative estimate of drug-likeness (QED) is 0.912. The molecule has 2 N–H and O–H groups in total. The molecule has 1 fully saturated rings. The molecule has 0 spiro atoms. The molecule has 1 aliphatic rings. The summed E-state index contributed by atoms with van der Waals surface area (Å²) in [6.45, 7) is 1.91. The van der Waals surface area contributed by atoms with Gasteiger partial charge in [-0.2, -0.15) is 0 Å². The molecule has 6 heteroatoms. The molecule has 1 amide bonds. The number of anilines is 1. The van der Waals surface area contributed by atoms with E-state index in [1.54, 1.807) is 23.5 Å². The summed E-state index contributed by atoms with van der Waals surface area (Å²) in [5, 5.41) is 3.00. The Bertz CT molecular complexity index is 671. The predicted molar refractivity (Wildman–Crippen MR) is 90.9 cm³/mol. The second-order valence-corrected chi connectivity index (χ2v) is 6.82. The molecular formula is C17H20FN3OS. The lowest BCUT2D eigenvalue weighted by Gasteiger charge is -2.32. The van der Waals surface area contributed by atoms with Crippen molar-refractivity contribution in [3.63, 3.8) is 0 Å². The van der Waals surface area contributed by atoms with Crippen LogP contribution in [0.3, 0.4) is 0 Å². The fourth-order valence-electron chi connectivity index (χ4n) is 2.98.